The van der Waals surface area contributed by atoms with Gasteiger partial charge in [-0.25, -0.2) is 4.79 Å². The summed E-state index contributed by atoms with van der Waals surface area (Å²) in [6, 6.07) is 7.12. The predicted molar refractivity (Wildman–Crippen MR) is 184 cm³/mol. The summed E-state index contributed by atoms with van der Waals surface area (Å²) >= 11 is 0. The summed E-state index contributed by atoms with van der Waals surface area (Å²) < 4.78 is 0. The molecule has 3 fully saturated rings. The van der Waals surface area contributed by atoms with E-state index in [4.69, 9.17) is 5.73 Å². The van der Waals surface area contributed by atoms with Gasteiger partial charge in [0.15, 0.2) is 0 Å². The van der Waals surface area contributed by atoms with Gasteiger partial charge >= 0.3 is 6.03 Å². The standard InChI is InChI=1S/C34H51N5O5.C3H8/c1-22(24-15-7-5-8-16-24)34(18-9-6-10-19-34)38-32(44)37-28(33(2,3)4)31(43)39-20-12-17-26(39)30(42)36-25(27(40)29(35)41)21-23-13-11-14-23;1-3-2/h5,7-8,15-16,22-23,25-26,28H,6,9-14,17-21H2,1-4H3,(H2,35,41)(H,36,42)(H2,37,38,44);3H2,1-2H3. The zero-order valence-corrected chi connectivity index (χ0v) is 29.5. The van der Waals surface area contributed by atoms with Crippen molar-refractivity contribution in [1.29, 1.82) is 0 Å². The molecule has 4 atom stereocenters. The van der Waals surface area contributed by atoms with Crippen LogP contribution in [0.25, 0.3) is 0 Å². The van der Waals surface area contributed by atoms with Crippen LogP contribution in [-0.2, 0) is 19.2 Å². The van der Waals surface area contributed by atoms with Crippen LogP contribution in [0.2, 0.25) is 0 Å². The molecule has 2 saturated carbocycles. The van der Waals surface area contributed by atoms with Crippen molar-refractivity contribution < 1.29 is 24.0 Å². The van der Waals surface area contributed by atoms with Gasteiger partial charge in [0.25, 0.3) is 5.91 Å². The molecular formula is C37H59N5O5. The number of hydrogen-bond acceptors (Lipinski definition) is 5. The number of ketones is 1. The monoisotopic (exact) mass is 653 g/mol. The van der Waals surface area contributed by atoms with Crippen LogP contribution in [-0.4, -0.2) is 64.6 Å². The highest BCUT2D eigenvalue weighted by molar-refractivity contribution is 6.37. The molecule has 2 aliphatic carbocycles. The van der Waals surface area contributed by atoms with Crippen molar-refractivity contribution >= 4 is 29.5 Å². The maximum atomic E-state index is 14.1. The fourth-order valence-electron chi connectivity index (χ4n) is 7.15. The fraction of sp³-hybridized carbons (Fsp3) is 0.703. The second-order valence-electron chi connectivity index (χ2n) is 15.0. The highest BCUT2D eigenvalue weighted by atomic mass is 16.2. The molecule has 4 rings (SSSR count). The van der Waals surface area contributed by atoms with Gasteiger partial charge in [0.05, 0.1) is 6.04 Å². The van der Waals surface area contributed by atoms with Gasteiger partial charge in [-0.2, -0.15) is 0 Å². The number of amides is 5. The Morgan fingerprint density at radius 3 is 2.06 bits per heavy atom. The first kappa shape index (κ1) is 38.0. The van der Waals surface area contributed by atoms with Crippen LogP contribution in [0.5, 0.6) is 0 Å². The summed E-state index contributed by atoms with van der Waals surface area (Å²) in [5, 5.41) is 9.05. The van der Waals surface area contributed by atoms with E-state index in [9.17, 15) is 24.0 Å². The molecule has 4 unspecified atom stereocenters. The van der Waals surface area contributed by atoms with Gasteiger partial charge < -0.3 is 26.6 Å². The Hall–Kier alpha value is -3.43. The smallest absolute Gasteiger partial charge is 0.315 e. The minimum atomic E-state index is -1.07. The average Bonchev–Trinajstić information content (AvgIpc) is 3.51. The second-order valence-corrected chi connectivity index (χ2v) is 15.0. The first-order chi connectivity index (χ1) is 22.2. The number of likely N-dealkylation sites (tertiary alicyclic amines) is 1. The molecule has 5 amide bonds. The average molecular weight is 654 g/mol. The lowest BCUT2D eigenvalue weighted by atomic mass is 9.71. The summed E-state index contributed by atoms with van der Waals surface area (Å²) in [6.07, 6.45) is 10.5. The lowest BCUT2D eigenvalue weighted by Crippen LogP contribution is -2.63. The Labute approximate surface area is 281 Å². The van der Waals surface area contributed by atoms with Crippen molar-refractivity contribution in [1.82, 2.24) is 20.9 Å². The Balaban J connectivity index is 0.00000192. The maximum Gasteiger partial charge on any atom is 0.315 e. The van der Waals surface area contributed by atoms with Crippen molar-refractivity contribution in [3.63, 3.8) is 0 Å². The predicted octanol–water partition coefficient (Wildman–Crippen LogP) is 5.34. The van der Waals surface area contributed by atoms with Crippen molar-refractivity contribution in [3.05, 3.63) is 35.9 Å². The molecule has 1 aliphatic heterocycles. The largest absolute Gasteiger partial charge is 0.363 e. The number of carbonyl (C=O) groups excluding carboxylic acids is 5. The van der Waals surface area contributed by atoms with E-state index < -0.39 is 52.7 Å². The zero-order valence-electron chi connectivity index (χ0n) is 29.5. The van der Waals surface area contributed by atoms with E-state index >= 15 is 0 Å². The molecule has 47 heavy (non-hydrogen) atoms. The molecule has 262 valence electrons. The molecule has 1 saturated heterocycles. The van der Waals surface area contributed by atoms with E-state index in [1.54, 1.807) is 0 Å². The molecule has 10 heteroatoms. The lowest BCUT2D eigenvalue weighted by molar-refractivity contribution is -0.143. The molecular weight excluding hydrogens is 594 g/mol. The van der Waals surface area contributed by atoms with E-state index in [-0.39, 0.29) is 17.7 Å². The van der Waals surface area contributed by atoms with Crippen molar-refractivity contribution in [3.8, 4) is 0 Å². The van der Waals surface area contributed by atoms with E-state index in [1.165, 1.54) is 11.3 Å². The highest BCUT2D eigenvalue weighted by Crippen LogP contribution is 2.40. The quantitative estimate of drug-likeness (QED) is 0.238. The number of Topliss-reactive ketones (excluding diaryl/α,β-unsaturated/α-hetero) is 1. The van der Waals surface area contributed by atoms with Crippen LogP contribution in [0, 0.1) is 11.3 Å². The molecule has 0 radical (unpaired) electrons. The zero-order chi connectivity index (χ0) is 34.8. The van der Waals surface area contributed by atoms with Gasteiger partial charge in [-0.05, 0) is 49.0 Å². The van der Waals surface area contributed by atoms with Crippen molar-refractivity contribution in [2.75, 3.05) is 6.54 Å². The number of rotatable bonds is 11. The third kappa shape index (κ3) is 10.0. The van der Waals surface area contributed by atoms with Gasteiger partial charge in [0, 0.05) is 18.0 Å². The molecule has 0 aromatic heterocycles. The van der Waals surface area contributed by atoms with Gasteiger partial charge in [0.2, 0.25) is 17.6 Å². The van der Waals surface area contributed by atoms with Crippen molar-refractivity contribution in [2.45, 2.75) is 148 Å². The molecule has 0 spiro atoms. The number of carbonyl (C=O) groups is 5. The van der Waals surface area contributed by atoms with E-state index in [0.29, 0.717) is 25.8 Å². The van der Waals surface area contributed by atoms with Crippen LogP contribution in [0.4, 0.5) is 4.79 Å². The number of urea groups is 1. The lowest BCUT2D eigenvalue weighted by Gasteiger charge is -2.44. The normalized spacial score (nSPS) is 21.1. The Morgan fingerprint density at radius 1 is 0.915 bits per heavy atom. The number of nitrogens with two attached hydrogens (primary N) is 1. The van der Waals surface area contributed by atoms with Crippen LogP contribution < -0.4 is 21.7 Å². The molecule has 5 N–H and O–H groups in total. The molecule has 1 heterocycles. The summed E-state index contributed by atoms with van der Waals surface area (Å²) in [4.78, 5) is 67.1. The molecule has 0 bridgehead atoms. The highest BCUT2D eigenvalue weighted by Gasteiger charge is 2.45. The van der Waals surface area contributed by atoms with Gasteiger partial charge in [-0.1, -0.05) is 117 Å². The SMILES string of the molecule is CC(c1ccccc1)C1(NC(=O)NC(C(=O)N2CCCC2C(=O)NC(CC2CCC2)C(=O)C(N)=O)C(C)(C)C)CCCCC1.CCC. The maximum absolute atomic E-state index is 14.1. The minimum absolute atomic E-state index is 0.0844. The number of nitrogens with zero attached hydrogens (tertiary/aromatic N) is 1. The van der Waals surface area contributed by atoms with E-state index in [0.717, 1.165) is 56.9 Å². The van der Waals surface area contributed by atoms with Crippen LogP contribution in [0.15, 0.2) is 30.3 Å². The molecule has 3 aliphatic rings. The number of primary amides is 1. The summed E-state index contributed by atoms with van der Waals surface area (Å²) in [6.45, 7) is 12.4. The van der Waals surface area contributed by atoms with Gasteiger partial charge in [-0.3, -0.25) is 19.2 Å². The second kappa shape index (κ2) is 17.1. The molecule has 1 aromatic rings. The summed E-state index contributed by atoms with van der Waals surface area (Å²) in [7, 11) is 0. The Bertz CT molecular complexity index is 1220. The number of benzene rings is 1. The third-order valence-electron chi connectivity index (χ3n) is 10.1. The van der Waals surface area contributed by atoms with Gasteiger partial charge in [-0.15, -0.1) is 0 Å². The number of nitrogens with one attached hydrogen (secondary N) is 3. The number of hydrogen-bond donors (Lipinski definition) is 4. The first-order valence-electron chi connectivity index (χ1n) is 17.8. The third-order valence-corrected chi connectivity index (χ3v) is 10.1. The van der Waals surface area contributed by atoms with Crippen molar-refractivity contribution in [2.24, 2.45) is 17.1 Å². The van der Waals surface area contributed by atoms with Crippen LogP contribution >= 0.6 is 0 Å². The first-order valence-corrected chi connectivity index (χ1v) is 17.8. The fourth-order valence-corrected chi connectivity index (χ4v) is 7.15. The Morgan fingerprint density at radius 2 is 1.53 bits per heavy atom. The van der Waals surface area contributed by atoms with E-state index in [2.05, 4.69) is 48.9 Å². The summed E-state index contributed by atoms with van der Waals surface area (Å²) in [5.41, 5.74) is 5.37. The van der Waals surface area contributed by atoms with E-state index in [1.807, 2.05) is 39.0 Å². The minimum Gasteiger partial charge on any atom is -0.363 e. The van der Waals surface area contributed by atoms with Crippen LogP contribution in [0.1, 0.15) is 130 Å². The summed E-state index contributed by atoms with van der Waals surface area (Å²) in [5.74, 6) is -2.35. The van der Waals surface area contributed by atoms with Gasteiger partial charge in [0.1, 0.15) is 12.1 Å². The molecule has 10 nitrogen and oxygen atoms in total. The molecule has 1 aromatic carbocycles. The topological polar surface area (TPSA) is 151 Å². The Kier molecular flexibility index (Phi) is 13.8. The van der Waals surface area contributed by atoms with Crippen LogP contribution in [0.3, 0.4) is 0 Å².